The van der Waals surface area contributed by atoms with Gasteiger partial charge in [-0.25, -0.2) is 0 Å². The highest BCUT2D eigenvalue weighted by atomic mass is 16.7. The van der Waals surface area contributed by atoms with Crippen LogP contribution in [0.5, 0.6) is 0 Å². The standard InChI is InChI=1S/C10H14O2/c1-9-3-2-8(9)10(5-4-9)11-6-7-12-10/h2-3,8H,4-7H2,1H3/t8-,9-/m0/s1. The van der Waals surface area contributed by atoms with E-state index in [4.69, 9.17) is 9.47 Å². The summed E-state index contributed by atoms with van der Waals surface area (Å²) < 4.78 is 11.5. The quantitative estimate of drug-likeness (QED) is 0.510. The van der Waals surface area contributed by atoms with Gasteiger partial charge >= 0.3 is 0 Å². The van der Waals surface area contributed by atoms with Crippen molar-refractivity contribution >= 4 is 0 Å². The van der Waals surface area contributed by atoms with E-state index in [9.17, 15) is 0 Å². The lowest BCUT2D eigenvalue weighted by Crippen LogP contribution is -2.42. The summed E-state index contributed by atoms with van der Waals surface area (Å²) in [6.45, 7) is 3.86. The molecule has 0 N–H and O–H groups in total. The number of hydrogen-bond donors (Lipinski definition) is 0. The molecule has 1 saturated heterocycles. The van der Waals surface area contributed by atoms with Gasteiger partial charge < -0.3 is 9.47 Å². The first-order valence-corrected chi connectivity index (χ1v) is 4.73. The second-order valence-electron chi connectivity index (χ2n) is 4.35. The Morgan fingerprint density at radius 1 is 1.25 bits per heavy atom. The third-order valence-electron chi connectivity index (χ3n) is 3.64. The Bertz CT molecular complexity index is 240. The molecular weight excluding hydrogens is 152 g/mol. The molecule has 0 radical (unpaired) electrons. The van der Waals surface area contributed by atoms with Crippen molar-refractivity contribution in [1.82, 2.24) is 0 Å². The van der Waals surface area contributed by atoms with E-state index in [0.29, 0.717) is 11.3 Å². The largest absolute Gasteiger partial charge is 0.347 e. The third kappa shape index (κ3) is 0.639. The molecule has 1 spiro atoms. The van der Waals surface area contributed by atoms with Crippen molar-refractivity contribution in [2.75, 3.05) is 13.2 Å². The zero-order valence-corrected chi connectivity index (χ0v) is 7.38. The van der Waals surface area contributed by atoms with Crippen LogP contribution in [0.2, 0.25) is 0 Å². The summed E-state index contributed by atoms with van der Waals surface area (Å²) in [6, 6.07) is 0. The van der Waals surface area contributed by atoms with Gasteiger partial charge in [0.05, 0.1) is 13.2 Å². The van der Waals surface area contributed by atoms with Crippen molar-refractivity contribution in [3.8, 4) is 0 Å². The SMILES string of the molecule is C[C@@]12C=C[C@@H]1C1(CC2)OCCO1. The second-order valence-corrected chi connectivity index (χ2v) is 4.35. The first kappa shape index (κ1) is 7.10. The first-order chi connectivity index (χ1) is 5.75. The number of hydrogen-bond acceptors (Lipinski definition) is 2. The average molecular weight is 166 g/mol. The summed E-state index contributed by atoms with van der Waals surface area (Å²) in [5.74, 6) is 0.302. The van der Waals surface area contributed by atoms with Gasteiger partial charge in [0, 0.05) is 12.3 Å². The molecule has 12 heavy (non-hydrogen) atoms. The topological polar surface area (TPSA) is 18.5 Å². The van der Waals surface area contributed by atoms with Crippen LogP contribution in [0.4, 0.5) is 0 Å². The van der Waals surface area contributed by atoms with Crippen LogP contribution in [0.1, 0.15) is 19.8 Å². The lowest BCUT2D eigenvalue weighted by atomic mass is 9.69. The highest BCUT2D eigenvalue weighted by Crippen LogP contribution is 2.59. The highest BCUT2D eigenvalue weighted by molar-refractivity contribution is 5.25. The van der Waals surface area contributed by atoms with Gasteiger partial charge in [0.15, 0.2) is 5.79 Å². The van der Waals surface area contributed by atoms with Crippen molar-refractivity contribution < 1.29 is 9.47 Å². The predicted molar refractivity (Wildman–Crippen MR) is 44.6 cm³/mol. The predicted octanol–water partition coefficient (Wildman–Crippen LogP) is 1.72. The summed E-state index contributed by atoms with van der Waals surface area (Å²) in [5, 5.41) is 0. The van der Waals surface area contributed by atoms with Gasteiger partial charge in [-0.1, -0.05) is 19.1 Å². The number of rotatable bonds is 0. The van der Waals surface area contributed by atoms with Crippen LogP contribution in [-0.2, 0) is 9.47 Å². The van der Waals surface area contributed by atoms with Crippen LogP contribution in [-0.4, -0.2) is 19.0 Å². The van der Waals surface area contributed by atoms with Gasteiger partial charge in [-0.2, -0.15) is 0 Å². The van der Waals surface area contributed by atoms with Crippen molar-refractivity contribution in [2.45, 2.75) is 25.6 Å². The monoisotopic (exact) mass is 166 g/mol. The fourth-order valence-corrected chi connectivity index (χ4v) is 2.80. The highest BCUT2D eigenvalue weighted by Gasteiger charge is 2.59. The van der Waals surface area contributed by atoms with E-state index in [-0.39, 0.29) is 5.79 Å². The number of ether oxygens (including phenoxy) is 2. The molecule has 3 aliphatic rings. The maximum atomic E-state index is 5.73. The van der Waals surface area contributed by atoms with Crippen molar-refractivity contribution in [1.29, 1.82) is 0 Å². The Labute approximate surface area is 72.5 Å². The van der Waals surface area contributed by atoms with Crippen molar-refractivity contribution in [3.05, 3.63) is 12.2 Å². The number of fused-ring (bicyclic) bond motifs is 2. The van der Waals surface area contributed by atoms with Crippen LogP contribution in [0.25, 0.3) is 0 Å². The fraction of sp³-hybridized carbons (Fsp3) is 0.800. The number of allylic oxidation sites excluding steroid dienone is 1. The van der Waals surface area contributed by atoms with E-state index in [1.807, 2.05) is 0 Å². The Morgan fingerprint density at radius 2 is 2.00 bits per heavy atom. The van der Waals surface area contributed by atoms with E-state index in [0.717, 1.165) is 19.6 Å². The summed E-state index contributed by atoms with van der Waals surface area (Å²) in [5.41, 5.74) is 0.379. The third-order valence-corrected chi connectivity index (χ3v) is 3.64. The summed E-state index contributed by atoms with van der Waals surface area (Å²) >= 11 is 0. The van der Waals surface area contributed by atoms with E-state index in [1.165, 1.54) is 6.42 Å². The molecule has 2 fully saturated rings. The smallest absolute Gasteiger partial charge is 0.175 e. The van der Waals surface area contributed by atoms with E-state index in [2.05, 4.69) is 19.1 Å². The van der Waals surface area contributed by atoms with Crippen LogP contribution in [0, 0.1) is 11.3 Å². The molecule has 2 nitrogen and oxygen atoms in total. The fourth-order valence-electron chi connectivity index (χ4n) is 2.80. The molecule has 1 saturated carbocycles. The molecule has 1 aliphatic heterocycles. The Kier molecular flexibility index (Phi) is 1.15. The minimum Gasteiger partial charge on any atom is -0.347 e. The summed E-state index contributed by atoms with van der Waals surface area (Å²) in [6.07, 6.45) is 6.84. The van der Waals surface area contributed by atoms with Crippen LogP contribution < -0.4 is 0 Å². The van der Waals surface area contributed by atoms with Crippen LogP contribution >= 0.6 is 0 Å². The van der Waals surface area contributed by atoms with Gasteiger partial charge in [-0.3, -0.25) is 0 Å². The molecule has 0 bridgehead atoms. The summed E-state index contributed by atoms with van der Waals surface area (Å²) in [7, 11) is 0. The van der Waals surface area contributed by atoms with Crippen LogP contribution in [0.3, 0.4) is 0 Å². The lowest BCUT2D eigenvalue weighted by Gasteiger charge is -2.40. The molecule has 0 aromatic heterocycles. The van der Waals surface area contributed by atoms with Gasteiger partial charge in [-0.15, -0.1) is 0 Å². The molecular formula is C10H14O2. The Balaban J connectivity index is 1.95. The maximum Gasteiger partial charge on any atom is 0.175 e. The molecule has 66 valence electrons. The molecule has 0 amide bonds. The molecule has 0 aromatic carbocycles. The van der Waals surface area contributed by atoms with E-state index < -0.39 is 0 Å². The molecule has 1 heterocycles. The Morgan fingerprint density at radius 3 is 2.50 bits per heavy atom. The zero-order valence-electron chi connectivity index (χ0n) is 7.38. The maximum absolute atomic E-state index is 5.73. The zero-order chi connectivity index (χ0) is 8.23. The molecule has 0 aromatic rings. The summed E-state index contributed by atoms with van der Waals surface area (Å²) in [4.78, 5) is 0. The molecule has 0 unspecified atom stereocenters. The van der Waals surface area contributed by atoms with Crippen molar-refractivity contribution in [3.63, 3.8) is 0 Å². The van der Waals surface area contributed by atoms with Crippen molar-refractivity contribution in [2.24, 2.45) is 11.3 Å². The molecule has 3 rings (SSSR count). The lowest BCUT2D eigenvalue weighted by molar-refractivity contribution is -0.181. The Hall–Kier alpha value is -0.340. The van der Waals surface area contributed by atoms with Gasteiger partial charge in [0.1, 0.15) is 0 Å². The van der Waals surface area contributed by atoms with Gasteiger partial charge in [0.25, 0.3) is 0 Å². The minimum atomic E-state index is -0.219. The molecule has 2 heteroatoms. The van der Waals surface area contributed by atoms with E-state index in [1.54, 1.807) is 0 Å². The van der Waals surface area contributed by atoms with Gasteiger partial charge in [-0.05, 0) is 11.8 Å². The van der Waals surface area contributed by atoms with Gasteiger partial charge in [0.2, 0.25) is 0 Å². The van der Waals surface area contributed by atoms with E-state index >= 15 is 0 Å². The van der Waals surface area contributed by atoms with Crippen LogP contribution in [0.15, 0.2) is 12.2 Å². The average Bonchev–Trinajstić information content (AvgIpc) is 2.53. The first-order valence-electron chi connectivity index (χ1n) is 4.73. The second kappa shape index (κ2) is 1.94. The normalized spacial score (nSPS) is 47.9. The molecule has 2 aliphatic carbocycles. The molecule has 2 atom stereocenters. The minimum absolute atomic E-state index is 0.219.